The molecular formula is C17H35N3O2. The van der Waals surface area contributed by atoms with Gasteiger partial charge < -0.3 is 15.8 Å². The zero-order valence-corrected chi connectivity index (χ0v) is 15.2. The van der Waals surface area contributed by atoms with Gasteiger partial charge in [-0.3, -0.25) is 9.69 Å². The van der Waals surface area contributed by atoms with E-state index >= 15 is 0 Å². The summed E-state index contributed by atoms with van der Waals surface area (Å²) in [5.41, 5.74) is 5.99. The molecule has 0 bridgehead atoms. The van der Waals surface area contributed by atoms with Crippen molar-refractivity contribution in [3.63, 3.8) is 0 Å². The Hall–Kier alpha value is -0.650. The van der Waals surface area contributed by atoms with Crippen LogP contribution in [0.3, 0.4) is 0 Å². The number of amides is 1. The monoisotopic (exact) mass is 313 g/mol. The summed E-state index contributed by atoms with van der Waals surface area (Å²) in [7, 11) is 0. The molecule has 0 aromatic rings. The van der Waals surface area contributed by atoms with Gasteiger partial charge in [-0.1, -0.05) is 27.7 Å². The third-order valence-corrected chi connectivity index (χ3v) is 4.76. The highest BCUT2D eigenvalue weighted by molar-refractivity contribution is 5.82. The number of hydrogen-bond acceptors (Lipinski definition) is 4. The molecule has 1 fully saturated rings. The Bertz CT molecular complexity index is 346. The highest BCUT2D eigenvalue weighted by Gasteiger charge is 2.34. The molecule has 3 atom stereocenters. The van der Waals surface area contributed by atoms with E-state index in [1.807, 2.05) is 0 Å². The predicted molar refractivity (Wildman–Crippen MR) is 90.7 cm³/mol. The van der Waals surface area contributed by atoms with E-state index in [2.05, 4.69) is 51.8 Å². The van der Waals surface area contributed by atoms with Crippen molar-refractivity contribution in [3.8, 4) is 0 Å². The maximum absolute atomic E-state index is 12.7. The first-order valence-electron chi connectivity index (χ1n) is 8.68. The lowest BCUT2D eigenvalue weighted by molar-refractivity contribution is -0.135. The normalized spacial score (nSPS) is 25.3. The Morgan fingerprint density at radius 2 is 1.77 bits per heavy atom. The van der Waals surface area contributed by atoms with Gasteiger partial charge in [0.2, 0.25) is 5.91 Å². The molecule has 3 N–H and O–H groups in total. The van der Waals surface area contributed by atoms with Crippen molar-refractivity contribution in [2.45, 2.75) is 78.2 Å². The van der Waals surface area contributed by atoms with Gasteiger partial charge in [0.25, 0.3) is 0 Å². The summed E-state index contributed by atoms with van der Waals surface area (Å²) < 4.78 is 5.78. The molecule has 1 amide bonds. The van der Waals surface area contributed by atoms with E-state index in [9.17, 15) is 4.79 Å². The summed E-state index contributed by atoms with van der Waals surface area (Å²) in [5.74, 6) is 0.348. The number of nitrogens with two attached hydrogens (primary N) is 1. The van der Waals surface area contributed by atoms with Crippen molar-refractivity contribution in [3.05, 3.63) is 0 Å². The molecule has 0 aromatic heterocycles. The molecule has 0 aliphatic carbocycles. The zero-order valence-electron chi connectivity index (χ0n) is 15.2. The Labute approximate surface area is 135 Å². The number of morpholine rings is 1. The molecule has 3 unspecified atom stereocenters. The van der Waals surface area contributed by atoms with Crippen molar-refractivity contribution in [2.75, 3.05) is 19.6 Å². The van der Waals surface area contributed by atoms with Crippen molar-refractivity contribution < 1.29 is 9.53 Å². The van der Waals surface area contributed by atoms with Crippen LogP contribution in [0, 0.1) is 5.92 Å². The molecule has 0 spiro atoms. The molecule has 5 heteroatoms. The van der Waals surface area contributed by atoms with Crippen molar-refractivity contribution in [2.24, 2.45) is 11.7 Å². The van der Waals surface area contributed by atoms with Crippen molar-refractivity contribution in [1.82, 2.24) is 10.2 Å². The van der Waals surface area contributed by atoms with Crippen LogP contribution < -0.4 is 11.1 Å². The van der Waals surface area contributed by atoms with E-state index in [-0.39, 0.29) is 35.6 Å². The SMILES string of the molecule is CCC(N)(CC)CNC(=O)C(C(C)C)N1CC(C)OC(C)C1. The highest BCUT2D eigenvalue weighted by Crippen LogP contribution is 2.19. The smallest absolute Gasteiger partial charge is 0.237 e. The predicted octanol–water partition coefficient (Wildman–Crippen LogP) is 1.75. The number of nitrogens with one attached hydrogen (secondary N) is 1. The van der Waals surface area contributed by atoms with E-state index in [4.69, 9.17) is 10.5 Å². The number of rotatable bonds is 7. The van der Waals surface area contributed by atoms with Crippen LogP contribution >= 0.6 is 0 Å². The molecule has 1 aliphatic rings. The fourth-order valence-electron chi connectivity index (χ4n) is 3.20. The summed E-state index contributed by atoms with van der Waals surface area (Å²) in [4.78, 5) is 15.0. The van der Waals surface area contributed by atoms with Crippen molar-refractivity contribution >= 4 is 5.91 Å². The molecule has 1 saturated heterocycles. The molecule has 5 nitrogen and oxygen atoms in total. The molecule has 1 rings (SSSR count). The third kappa shape index (κ3) is 5.21. The van der Waals surface area contributed by atoms with Gasteiger partial charge >= 0.3 is 0 Å². The molecular weight excluding hydrogens is 278 g/mol. The van der Waals surface area contributed by atoms with Gasteiger partial charge in [-0.15, -0.1) is 0 Å². The first kappa shape index (κ1) is 19.4. The van der Waals surface area contributed by atoms with Gasteiger partial charge in [0.15, 0.2) is 0 Å². The molecule has 130 valence electrons. The maximum atomic E-state index is 12.7. The summed E-state index contributed by atoms with van der Waals surface area (Å²) in [5, 5.41) is 3.09. The van der Waals surface area contributed by atoms with Gasteiger partial charge in [0.05, 0.1) is 18.2 Å². The number of nitrogens with zero attached hydrogens (tertiary/aromatic N) is 1. The summed E-state index contributed by atoms with van der Waals surface area (Å²) in [6.45, 7) is 14.6. The number of hydrogen-bond donors (Lipinski definition) is 2. The molecule has 0 radical (unpaired) electrons. The standard InChI is InChI=1S/C17H35N3O2/c1-7-17(18,8-2)11-19-16(21)15(12(3)4)20-9-13(5)22-14(6)10-20/h12-15H,7-11,18H2,1-6H3,(H,19,21). The van der Waals surface area contributed by atoms with E-state index in [0.29, 0.717) is 6.54 Å². The minimum atomic E-state index is -0.303. The van der Waals surface area contributed by atoms with Crippen LogP contribution in [0.5, 0.6) is 0 Å². The van der Waals surface area contributed by atoms with Crippen LogP contribution in [-0.4, -0.2) is 54.2 Å². The second-order valence-electron chi connectivity index (χ2n) is 7.19. The minimum absolute atomic E-state index is 0.0908. The average Bonchev–Trinajstić information content (AvgIpc) is 2.43. The van der Waals surface area contributed by atoms with Gasteiger partial charge in [-0.2, -0.15) is 0 Å². The highest BCUT2D eigenvalue weighted by atomic mass is 16.5. The van der Waals surface area contributed by atoms with E-state index in [0.717, 1.165) is 25.9 Å². The molecule has 1 aliphatic heterocycles. The average molecular weight is 313 g/mol. The van der Waals surface area contributed by atoms with E-state index in [1.54, 1.807) is 0 Å². The van der Waals surface area contributed by atoms with Crippen LogP contribution in [0.1, 0.15) is 54.4 Å². The quantitative estimate of drug-likeness (QED) is 0.751. The Morgan fingerprint density at radius 3 is 2.18 bits per heavy atom. The lowest BCUT2D eigenvalue weighted by Gasteiger charge is -2.41. The molecule has 0 saturated carbocycles. The Balaban J connectivity index is 2.72. The fourth-order valence-corrected chi connectivity index (χ4v) is 3.20. The second kappa shape index (κ2) is 8.27. The van der Waals surface area contributed by atoms with E-state index < -0.39 is 0 Å². The maximum Gasteiger partial charge on any atom is 0.237 e. The number of ether oxygens (including phenoxy) is 1. The van der Waals surface area contributed by atoms with Gasteiger partial charge in [-0.05, 0) is 32.6 Å². The van der Waals surface area contributed by atoms with Crippen molar-refractivity contribution in [1.29, 1.82) is 0 Å². The number of carbonyl (C=O) groups excluding carboxylic acids is 1. The van der Waals surface area contributed by atoms with E-state index in [1.165, 1.54) is 0 Å². The van der Waals surface area contributed by atoms with Crippen LogP contribution in [0.4, 0.5) is 0 Å². The first-order chi connectivity index (χ1) is 10.2. The summed E-state index contributed by atoms with van der Waals surface area (Å²) in [6, 6.07) is -0.119. The fraction of sp³-hybridized carbons (Fsp3) is 0.941. The third-order valence-electron chi connectivity index (χ3n) is 4.76. The second-order valence-corrected chi connectivity index (χ2v) is 7.19. The van der Waals surface area contributed by atoms with Crippen LogP contribution in [0.2, 0.25) is 0 Å². The molecule has 22 heavy (non-hydrogen) atoms. The van der Waals surface area contributed by atoms with Gasteiger partial charge in [0.1, 0.15) is 0 Å². The summed E-state index contributed by atoms with van der Waals surface area (Å²) in [6.07, 6.45) is 2.05. The number of carbonyl (C=O) groups is 1. The Kier molecular flexibility index (Phi) is 7.29. The van der Waals surface area contributed by atoms with Crippen LogP contribution in [0.25, 0.3) is 0 Å². The molecule has 0 aromatic carbocycles. The Morgan fingerprint density at radius 1 is 1.27 bits per heavy atom. The molecule has 1 heterocycles. The summed E-state index contributed by atoms with van der Waals surface area (Å²) >= 11 is 0. The first-order valence-corrected chi connectivity index (χ1v) is 8.68. The van der Waals surface area contributed by atoms with Crippen LogP contribution in [0.15, 0.2) is 0 Å². The van der Waals surface area contributed by atoms with Crippen LogP contribution in [-0.2, 0) is 9.53 Å². The lowest BCUT2D eigenvalue weighted by atomic mass is 9.93. The van der Waals surface area contributed by atoms with Gasteiger partial charge in [-0.25, -0.2) is 0 Å². The topological polar surface area (TPSA) is 67.6 Å². The zero-order chi connectivity index (χ0) is 16.9. The minimum Gasteiger partial charge on any atom is -0.373 e. The van der Waals surface area contributed by atoms with Gasteiger partial charge in [0, 0.05) is 25.2 Å². The largest absolute Gasteiger partial charge is 0.373 e. The lowest BCUT2D eigenvalue weighted by Crippen LogP contribution is -2.59.